The van der Waals surface area contributed by atoms with Crippen LogP contribution in [0.1, 0.15) is 27.2 Å². The number of rotatable bonds is 0. The highest BCUT2D eigenvalue weighted by Gasteiger charge is 2.50. The Morgan fingerprint density at radius 2 is 1.94 bits per heavy atom. The Morgan fingerprint density at radius 1 is 1.17 bits per heavy atom. The zero-order valence-electron chi connectivity index (χ0n) is 11.6. The summed E-state index contributed by atoms with van der Waals surface area (Å²) >= 11 is 0. The lowest BCUT2D eigenvalue weighted by Gasteiger charge is -2.25. The largest absolute Gasteiger partial charge is 0.444 e. The van der Waals surface area contributed by atoms with E-state index < -0.39 is 0 Å². The highest BCUT2D eigenvalue weighted by molar-refractivity contribution is 5.68. The summed E-state index contributed by atoms with van der Waals surface area (Å²) in [7, 11) is 0. The van der Waals surface area contributed by atoms with E-state index in [9.17, 15) is 4.79 Å². The maximum atomic E-state index is 12.1. The first-order valence-corrected chi connectivity index (χ1v) is 7.13. The van der Waals surface area contributed by atoms with Crippen molar-refractivity contribution in [2.24, 2.45) is 23.7 Å². The summed E-state index contributed by atoms with van der Waals surface area (Å²) in [5.74, 6) is 3.08. The van der Waals surface area contributed by atoms with Gasteiger partial charge in [0.25, 0.3) is 0 Å². The number of hydrogen-bond donors (Lipinski definition) is 1. The molecule has 0 aromatic heterocycles. The Balaban J connectivity index is 1.61. The van der Waals surface area contributed by atoms with E-state index in [1.807, 2.05) is 25.7 Å². The zero-order chi connectivity index (χ0) is 12.9. The Labute approximate surface area is 109 Å². The van der Waals surface area contributed by atoms with Gasteiger partial charge in [0.1, 0.15) is 5.60 Å². The van der Waals surface area contributed by atoms with Crippen LogP contribution < -0.4 is 5.32 Å². The molecular formula is C14H24N2O2. The molecule has 4 nitrogen and oxygen atoms in total. The van der Waals surface area contributed by atoms with Crippen LogP contribution in [0.15, 0.2) is 0 Å². The molecule has 1 N–H and O–H groups in total. The van der Waals surface area contributed by atoms with Gasteiger partial charge in [-0.1, -0.05) is 0 Å². The molecule has 0 aromatic rings. The maximum absolute atomic E-state index is 12.1. The number of carbonyl (C=O) groups is 1. The molecule has 2 aliphatic heterocycles. The van der Waals surface area contributed by atoms with Gasteiger partial charge in [0.05, 0.1) is 0 Å². The smallest absolute Gasteiger partial charge is 0.410 e. The molecule has 102 valence electrons. The van der Waals surface area contributed by atoms with E-state index in [2.05, 4.69) is 5.32 Å². The van der Waals surface area contributed by atoms with Gasteiger partial charge in [-0.25, -0.2) is 4.79 Å². The van der Waals surface area contributed by atoms with Gasteiger partial charge in [-0.2, -0.15) is 0 Å². The summed E-state index contributed by atoms with van der Waals surface area (Å²) in [5, 5.41) is 3.48. The third-order valence-corrected chi connectivity index (χ3v) is 4.69. The monoisotopic (exact) mass is 252 g/mol. The van der Waals surface area contributed by atoms with Gasteiger partial charge < -0.3 is 15.0 Å². The van der Waals surface area contributed by atoms with Crippen LogP contribution in [-0.2, 0) is 4.74 Å². The SMILES string of the molecule is CC(C)(C)OC(=O)N1C[C@H]2C[C@@H]3CNC[C@@H]3[C@H]2C1. The zero-order valence-corrected chi connectivity index (χ0v) is 11.6. The number of nitrogens with zero attached hydrogens (tertiary/aromatic N) is 1. The van der Waals surface area contributed by atoms with Gasteiger partial charge in [0.2, 0.25) is 0 Å². The lowest BCUT2D eigenvalue weighted by atomic mass is 9.91. The molecule has 18 heavy (non-hydrogen) atoms. The minimum atomic E-state index is -0.383. The van der Waals surface area contributed by atoms with E-state index in [1.54, 1.807) is 0 Å². The molecular weight excluding hydrogens is 228 g/mol. The lowest BCUT2D eigenvalue weighted by molar-refractivity contribution is 0.0274. The summed E-state index contributed by atoms with van der Waals surface area (Å²) in [6.45, 7) is 9.93. The number of amides is 1. The first-order valence-electron chi connectivity index (χ1n) is 7.13. The molecule has 0 aromatic carbocycles. The second-order valence-electron chi connectivity index (χ2n) is 7.13. The van der Waals surface area contributed by atoms with Crippen molar-refractivity contribution < 1.29 is 9.53 Å². The molecule has 0 bridgehead atoms. The van der Waals surface area contributed by atoms with Crippen LogP contribution in [0.4, 0.5) is 4.79 Å². The Morgan fingerprint density at radius 3 is 2.67 bits per heavy atom. The molecule has 4 atom stereocenters. The second-order valence-corrected chi connectivity index (χ2v) is 7.13. The third-order valence-electron chi connectivity index (χ3n) is 4.69. The molecule has 1 saturated carbocycles. The summed E-state index contributed by atoms with van der Waals surface area (Å²) in [4.78, 5) is 14.0. The van der Waals surface area contributed by atoms with Crippen LogP contribution in [0.2, 0.25) is 0 Å². The van der Waals surface area contributed by atoms with Gasteiger partial charge in [0, 0.05) is 13.1 Å². The summed E-state index contributed by atoms with van der Waals surface area (Å²) in [6, 6.07) is 0. The van der Waals surface area contributed by atoms with E-state index in [0.717, 1.165) is 37.4 Å². The fourth-order valence-corrected chi connectivity index (χ4v) is 4.01. The molecule has 0 unspecified atom stereocenters. The van der Waals surface area contributed by atoms with Crippen molar-refractivity contribution in [1.29, 1.82) is 0 Å². The number of nitrogens with one attached hydrogen (secondary N) is 1. The van der Waals surface area contributed by atoms with Crippen molar-refractivity contribution in [2.45, 2.75) is 32.8 Å². The van der Waals surface area contributed by atoms with E-state index in [0.29, 0.717) is 5.92 Å². The van der Waals surface area contributed by atoms with Gasteiger partial charge >= 0.3 is 6.09 Å². The fraction of sp³-hybridized carbons (Fsp3) is 0.929. The van der Waals surface area contributed by atoms with Crippen LogP contribution in [0.5, 0.6) is 0 Å². The van der Waals surface area contributed by atoms with E-state index in [-0.39, 0.29) is 11.7 Å². The van der Waals surface area contributed by atoms with E-state index in [1.165, 1.54) is 13.0 Å². The Kier molecular flexibility index (Phi) is 2.81. The minimum Gasteiger partial charge on any atom is -0.444 e. The molecule has 3 aliphatic rings. The quantitative estimate of drug-likeness (QED) is 0.713. The van der Waals surface area contributed by atoms with Crippen LogP contribution in [0.25, 0.3) is 0 Å². The Hall–Kier alpha value is -0.770. The number of carbonyl (C=O) groups excluding carboxylic acids is 1. The number of fused-ring (bicyclic) bond motifs is 3. The summed E-state index contributed by atoms with van der Waals surface area (Å²) in [5.41, 5.74) is -0.383. The maximum Gasteiger partial charge on any atom is 0.410 e. The van der Waals surface area contributed by atoms with Crippen LogP contribution in [0, 0.1) is 23.7 Å². The molecule has 0 radical (unpaired) electrons. The Bertz CT molecular complexity index is 350. The highest BCUT2D eigenvalue weighted by atomic mass is 16.6. The van der Waals surface area contributed by atoms with Crippen molar-refractivity contribution in [1.82, 2.24) is 10.2 Å². The van der Waals surface area contributed by atoms with E-state index >= 15 is 0 Å². The summed E-state index contributed by atoms with van der Waals surface area (Å²) < 4.78 is 5.47. The highest BCUT2D eigenvalue weighted by Crippen LogP contribution is 2.47. The van der Waals surface area contributed by atoms with Crippen molar-refractivity contribution in [2.75, 3.05) is 26.2 Å². The van der Waals surface area contributed by atoms with Crippen LogP contribution in [-0.4, -0.2) is 42.8 Å². The predicted molar refractivity (Wildman–Crippen MR) is 69.3 cm³/mol. The van der Waals surface area contributed by atoms with Gasteiger partial charge in [-0.05, 0) is 64.0 Å². The average Bonchev–Trinajstić information content (AvgIpc) is 2.83. The molecule has 0 spiro atoms. The molecule has 1 aliphatic carbocycles. The standard InChI is InChI=1S/C14H24N2O2/c1-14(2,3)18-13(17)16-7-10-4-9-5-15-6-11(9)12(10)8-16/h9-12,15H,4-8H2,1-3H3/t9-,10-,11+,12+/m1/s1. The number of ether oxygens (including phenoxy) is 1. The topological polar surface area (TPSA) is 41.6 Å². The van der Waals surface area contributed by atoms with Crippen molar-refractivity contribution in [3.05, 3.63) is 0 Å². The van der Waals surface area contributed by atoms with Crippen LogP contribution >= 0.6 is 0 Å². The molecule has 2 heterocycles. The molecule has 3 rings (SSSR count). The van der Waals surface area contributed by atoms with Crippen molar-refractivity contribution in [3.8, 4) is 0 Å². The van der Waals surface area contributed by atoms with Gasteiger partial charge in [-0.3, -0.25) is 0 Å². The normalized spacial score (nSPS) is 38.7. The molecule has 4 heteroatoms. The average molecular weight is 252 g/mol. The van der Waals surface area contributed by atoms with Crippen molar-refractivity contribution >= 4 is 6.09 Å². The predicted octanol–water partition coefficient (Wildman–Crippen LogP) is 1.71. The van der Waals surface area contributed by atoms with Crippen LogP contribution in [0.3, 0.4) is 0 Å². The van der Waals surface area contributed by atoms with Gasteiger partial charge in [0.15, 0.2) is 0 Å². The fourth-order valence-electron chi connectivity index (χ4n) is 4.01. The lowest BCUT2D eigenvalue weighted by Crippen LogP contribution is -2.36. The van der Waals surface area contributed by atoms with Gasteiger partial charge in [-0.15, -0.1) is 0 Å². The first-order chi connectivity index (χ1) is 8.44. The first kappa shape index (κ1) is 12.3. The second kappa shape index (κ2) is 4.12. The summed E-state index contributed by atoms with van der Waals surface area (Å²) in [6.07, 6.45) is 1.17. The third kappa shape index (κ3) is 2.11. The molecule has 1 amide bonds. The van der Waals surface area contributed by atoms with Crippen molar-refractivity contribution in [3.63, 3.8) is 0 Å². The number of likely N-dealkylation sites (tertiary alicyclic amines) is 1. The number of hydrogen-bond acceptors (Lipinski definition) is 3. The molecule has 3 fully saturated rings. The van der Waals surface area contributed by atoms with E-state index in [4.69, 9.17) is 4.74 Å². The molecule has 2 saturated heterocycles. The minimum absolute atomic E-state index is 0.126.